The molecule has 0 aromatic heterocycles. The zero-order chi connectivity index (χ0) is 8.48. The van der Waals surface area contributed by atoms with Crippen LogP contribution in [0.15, 0.2) is 0 Å². The van der Waals surface area contributed by atoms with Crippen molar-refractivity contribution in [3.05, 3.63) is 5.92 Å². The predicted octanol–water partition coefficient (Wildman–Crippen LogP) is 3.81. The van der Waals surface area contributed by atoms with Crippen LogP contribution in [0, 0.1) is 17.3 Å². The summed E-state index contributed by atoms with van der Waals surface area (Å²) < 4.78 is 0. The summed E-state index contributed by atoms with van der Waals surface area (Å²) in [6.07, 6.45) is 5.59. The second-order valence-electron chi connectivity index (χ2n) is 5.01. The van der Waals surface area contributed by atoms with Crippen LogP contribution >= 0.6 is 0 Å². The molecule has 0 bridgehead atoms. The Kier molecular flexibility index (Phi) is 5.57. The van der Waals surface area contributed by atoms with Crippen molar-refractivity contribution in [2.45, 2.75) is 53.4 Å². The molecule has 1 radical (unpaired) electrons. The van der Waals surface area contributed by atoms with Gasteiger partial charge in [-0.05, 0) is 0 Å². The van der Waals surface area contributed by atoms with E-state index in [1.807, 2.05) is 0 Å². The van der Waals surface area contributed by atoms with Gasteiger partial charge in [0, 0.05) is 32.7 Å². The molecule has 0 aromatic carbocycles. The molecule has 1 aliphatic rings. The maximum Gasteiger partial charge on any atom is 0 e. The molecule has 0 N–H and O–H groups in total. The molecule has 0 saturated heterocycles. The fraction of sp³-hybridized carbons (Fsp3) is 0.909. The molecule has 0 aliphatic heterocycles. The topological polar surface area (TPSA) is 0 Å². The van der Waals surface area contributed by atoms with E-state index in [9.17, 15) is 0 Å². The Morgan fingerprint density at radius 2 is 1.83 bits per heavy atom. The molecule has 0 amide bonds. The second kappa shape index (κ2) is 5.10. The molecule has 0 heterocycles. The third-order valence-electron chi connectivity index (χ3n) is 2.87. The van der Waals surface area contributed by atoms with Crippen LogP contribution in [-0.4, -0.2) is 0 Å². The van der Waals surface area contributed by atoms with Crippen LogP contribution < -0.4 is 0 Å². The number of hydrogen-bond acceptors (Lipinski definition) is 0. The summed E-state index contributed by atoms with van der Waals surface area (Å²) in [5.74, 6) is 2.61. The quantitative estimate of drug-likeness (QED) is 0.613. The fourth-order valence-corrected chi connectivity index (χ4v) is 2.08. The van der Waals surface area contributed by atoms with Crippen LogP contribution in [0.5, 0.6) is 0 Å². The smallest absolute Gasteiger partial charge is 0 e. The van der Waals surface area contributed by atoms with Crippen LogP contribution in [0.1, 0.15) is 53.4 Å². The van der Waals surface area contributed by atoms with Gasteiger partial charge < -0.3 is 5.92 Å². The molecular formula is C11H21Y-. The zero-order valence-electron chi connectivity index (χ0n) is 8.98. The van der Waals surface area contributed by atoms with Crippen molar-refractivity contribution in [3.63, 3.8) is 0 Å². The van der Waals surface area contributed by atoms with Gasteiger partial charge in [-0.3, -0.25) is 0 Å². The van der Waals surface area contributed by atoms with E-state index in [1.54, 1.807) is 5.92 Å². The average Bonchev–Trinajstić information content (AvgIpc) is 1.85. The Morgan fingerprint density at radius 3 is 2.17 bits per heavy atom. The van der Waals surface area contributed by atoms with Crippen molar-refractivity contribution in [1.29, 1.82) is 0 Å². The Morgan fingerprint density at radius 1 is 1.25 bits per heavy atom. The molecule has 0 aromatic rings. The summed E-state index contributed by atoms with van der Waals surface area (Å²) in [5, 5.41) is 0. The summed E-state index contributed by atoms with van der Waals surface area (Å²) in [7, 11) is 0. The van der Waals surface area contributed by atoms with Gasteiger partial charge in [-0.15, -0.1) is 0 Å². The molecule has 0 unspecified atom stereocenters. The number of hydrogen-bond donors (Lipinski definition) is 0. The van der Waals surface area contributed by atoms with Crippen molar-refractivity contribution in [3.8, 4) is 0 Å². The summed E-state index contributed by atoms with van der Waals surface area (Å²) in [6, 6.07) is 0. The second-order valence-corrected chi connectivity index (χ2v) is 5.01. The molecule has 1 saturated carbocycles. The van der Waals surface area contributed by atoms with Crippen LogP contribution in [0.3, 0.4) is 0 Å². The van der Waals surface area contributed by atoms with E-state index in [0.29, 0.717) is 5.41 Å². The van der Waals surface area contributed by atoms with Crippen molar-refractivity contribution >= 4 is 0 Å². The molecule has 1 heteroatoms. The Labute approximate surface area is 103 Å². The standard InChI is InChI=1S/C11H21.Y/c1-9(2)10-6-5-7-11(3,4)8-10;/h9H,5-8H2,1-4H3;/q-1;. The average molecular weight is 242 g/mol. The summed E-state index contributed by atoms with van der Waals surface area (Å²) in [4.78, 5) is 0. The van der Waals surface area contributed by atoms with E-state index < -0.39 is 0 Å². The molecule has 0 nitrogen and oxygen atoms in total. The molecule has 69 valence electrons. The van der Waals surface area contributed by atoms with Crippen LogP contribution in [0.4, 0.5) is 0 Å². The minimum Gasteiger partial charge on any atom is -0.311 e. The first kappa shape index (κ1) is 13.1. The van der Waals surface area contributed by atoms with Crippen molar-refractivity contribution in [1.82, 2.24) is 0 Å². The molecule has 1 rings (SSSR count). The third-order valence-corrected chi connectivity index (χ3v) is 2.87. The van der Waals surface area contributed by atoms with Crippen molar-refractivity contribution in [2.75, 3.05) is 0 Å². The van der Waals surface area contributed by atoms with Gasteiger partial charge in [0.05, 0.1) is 0 Å². The minimum atomic E-state index is 0. The van der Waals surface area contributed by atoms with E-state index >= 15 is 0 Å². The third kappa shape index (κ3) is 3.87. The molecular weight excluding hydrogens is 221 g/mol. The minimum absolute atomic E-state index is 0. The van der Waals surface area contributed by atoms with E-state index in [0.717, 1.165) is 5.92 Å². The van der Waals surface area contributed by atoms with Crippen LogP contribution in [0.2, 0.25) is 0 Å². The summed E-state index contributed by atoms with van der Waals surface area (Å²) in [5.41, 5.74) is 0.595. The Bertz CT molecular complexity index is 127. The van der Waals surface area contributed by atoms with Gasteiger partial charge in [0.25, 0.3) is 0 Å². The van der Waals surface area contributed by atoms with Gasteiger partial charge in [0.2, 0.25) is 0 Å². The van der Waals surface area contributed by atoms with Gasteiger partial charge in [-0.25, -0.2) is 0 Å². The first-order chi connectivity index (χ1) is 5.01. The monoisotopic (exact) mass is 242 g/mol. The fourth-order valence-electron chi connectivity index (χ4n) is 2.08. The van der Waals surface area contributed by atoms with Crippen LogP contribution in [0.25, 0.3) is 0 Å². The maximum absolute atomic E-state index is 2.40. The van der Waals surface area contributed by atoms with E-state index in [1.165, 1.54) is 25.7 Å². The van der Waals surface area contributed by atoms with E-state index in [-0.39, 0.29) is 32.7 Å². The summed E-state index contributed by atoms with van der Waals surface area (Å²) in [6.45, 7) is 9.45. The first-order valence-electron chi connectivity index (χ1n) is 4.86. The van der Waals surface area contributed by atoms with E-state index in [4.69, 9.17) is 0 Å². The largest absolute Gasteiger partial charge is 0.311 e. The van der Waals surface area contributed by atoms with Gasteiger partial charge in [0.1, 0.15) is 0 Å². The Hall–Kier alpha value is 1.10. The van der Waals surface area contributed by atoms with Gasteiger partial charge >= 0.3 is 0 Å². The molecule has 0 atom stereocenters. The summed E-state index contributed by atoms with van der Waals surface area (Å²) >= 11 is 0. The maximum atomic E-state index is 2.40. The van der Waals surface area contributed by atoms with Crippen LogP contribution in [-0.2, 0) is 32.7 Å². The SMILES string of the molecule is CC(C)[C-]1CCCC(C)(C)C1.[Y]. The molecule has 0 spiro atoms. The van der Waals surface area contributed by atoms with Crippen molar-refractivity contribution in [2.24, 2.45) is 11.3 Å². The predicted molar refractivity (Wildman–Crippen MR) is 50.3 cm³/mol. The van der Waals surface area contributed by atoms with Gasteiger partial charge in [-0.2, -0.15) is 18.8 Å². The molecule has 1 aliphatic carbocycles. The Balaban J connectivity index is 0.00000121. The number of rotatable bonds is 1. The van der Waals surface area contributed by atoms with E-state index in [2.05, 4.69) is 27.7 Å². The van der Waals surface area contributed by atoms with Gasteiger partial charge in [-0.1, -0.05) is 46.0 Å². The molecule has 1 fully saturated rings. The first-order valence-corrected chi connectivity index (χ1v) is 4.86. The zero-order valence-corrected chi connectivity index (χ0v) is 11.8. The van der Waals surface area contributed by atoms with Gasteiger partial charge in [0.15, 0.2) is 0 Å². The molecule has 12 heavy (non-hydrogen) atoms. The van der Waals surface area contributed by atoms with Crippen molar-refractivity contribution < 1.29 is 32.7 Å². The normalized spacial score (nSPS) is 23.8.